The molecule has 2 fully saturated rings. The number of benzene rings is 2. The Bertz CT molecular complexity index is 1470. The lowest BCUT2D eigenvalue weighted by Crippen LogP contribution is -2.66. The van der Waals surface area contributed by atoms with Gasteiger partial charge in [0.05, 0.1) is 23.5 Å². The van der Waals surface area contributed by atoms with Crippen molar-refractivity contribution in [2.45, 2.75) is 57.3 Å². The third kappa shape index (κ3) is 4.37. The molecule has 7 N–H and O–H groups in total. The van der Waals surface area contributed by atoms with E-state index in [1.165, 1.54) is 6.07 Å². The molecule has 0 aromatic heterocycles. The third-order valence-electron chi connectivity index (χ3n) is 8.15. The first-order valence-electron chi connectivity index (χ1n) is 13.2. The number of hydrogen-bond donors (Lipinski definition) is 6. The van der Waals surface area contributed by atoms with Crippen molar-refractivity contribution in [3.63, 3.8) is 0 Å². The summed E-state index contributed by atoms with van der Waals surface area (Å²) >= 11 is 0. The number of aromatic hydroxyl groups is 1. The van der Waals surface area contributed by atoms with E-state index in [1.807, 2.05) is 45.0 Å². The molecule has 10 heteroatoms. The molecule has 3 aliphatic rings. The summed E-state index contributed by atoms with van der Waals surface area (Å²) < 4.78 is 0. The number of phenols is 1. The van der Waals surface area contributed by atoms with Crippen LogP contribution in [0.5, 0.6) is 5.75 Å². The Labute approximate surface area is 231 Å². The van der Waals surface area contributed by atoms with Gasteiger partial charge in [-0.05, 0) is 80.8 Å². The summed E-state index contributed by atoms with van der Waals surface area (Å²) in [5.41, 5.74) is 5.39. The maximum Gasteiger partial charge on any atom is 0.230 e. The van der Waals surface area contributed by atoms with E-state index in [0.29, 0.717) is 5.56 Å². The molecule has 40 heavy (non-hydrogen) atoms. The normalized spacial score (nSPS) is 28.2. The zero-order valence-electron chi connectivity index (χ0n) is 22.5. The molecule has 10 nitrogen and oxygen atoms in total. The van der Waals surface area contributed by atoms with E-state index >= 15 is 0 Å². The minimum atomic E-state index is -2.59. The SMILES string of the molecule is CC(C)(C)N=CNc1ccc(-c2ccc(O)c3c2C[C@H]2C[C@H]4CC(O)C(C(N)=O)C(=O)[C@@]4(O)C(=O)C2=C3O)cc1. The third-order valence-corrected chi connectivity index (χ3v) is 8.15. The lowest BCUT2D eigenvalue weighted by molar-refractivity contribution is -0.174. The van der Waals surface area contributed by atoms with Crippen molar-refractivity contribution in [1.29, 1.82) is 0 Å². The van der Waals surface area contributed by atoms with Crippen molar-refractivity contribution in [3.8, 4) is 16.9 Å². The van der Waals surface area contributed by atoms with E-state index < -0.39 is 52.7 Å². The van der Waals surface area contributed by atoms with Crippen molar-refractivity contribution < 1.29 is 34.8 Å². The Morgan fingerprint density at radius 2 is 1.77 bits per heavy atom. The maximum atomic E-state index is 13.7. The molecule has 2 saturated carbocycles. The van der Waals surface area contributed by atoms with Gasteiger partial charge in [0, 0.05) is 17.2 Å². The molecule has 3 aliphatic carbocycles. The fraction of sp³-hybridized carbons (Fsp3) is 0.400. The number of hydrogen-bond acceptors (Lipinski definition) is 8. The molecule has 210 valence electrons. The second kappa shape index (κ2) is 9.57. The molecule has 0 saturated heterocycles. The molecule has 0 radical (unpaired) electrons. The van der Waals surface area contributed by atoms with Crippen molar-refractivity contribution in [3.05, 3.63) is 53.1 Å². The molecular weight excluding hydrogens is 514 g/mol. The Morgan fingerprint density at radius 3 is 2.40 bits per heavy atom. The number of fused-ring (bicyclic) bond motifs is 3. The van der Waals surface area contributed by atoms with Gasteiger partial charge in [-0.1, -0.05) is 18.2 Å². The molecule has 0 heterocycles. The van der Waals surface area contributed by atoms with Gasteiger partial charge < -0.3 is 31.5 Å². The second-order valence-corrected chi connectivity index (χ2v) is 11.9. The molecule has 5 rings (SSSR count). The van der Waals surface area contributed by atoms with Gasteiger partial charge >= 0.3 is 0 Å². The number of nitrogens with one attached hydrogen (secondary N) is 1. The second-order valence-electron chi connectivity index (χ2n) is 11.9. The van der Waals surface area contributed by atoms with Crippen LogP contribution >= 0.6 is 0 Å². The van der Waals surface area contributed by atoms with E-state index in [1.54, 1.807) is 12.4 Å². The van der Waals surface area contributed by atoms with Gasteiger partial charge in [-0.3, -0.25) is 19.4 Å². The van der Waals surface area contributed by atoms with E-state index in [0.717, 1.165) is 16.8 Å². The summed E-state index contributed by atoms with van der Waals surface area (Å²) in [5, 5.41) is 47.0. The molecule has 2 unspecified atom stereocenters. The predicted molar refractivity (Wildman–Crippen MR) is 149 cm³/mol. The number of ketones is 2. The van der Waals surface area contributed by atoms with Crippen LogP contribution in [-0.4, -0.2) is 61.5 Å². The number of nitrogens with zero attached hydrogens (tertiary/aromatic N) is 1. The van der Waals surface area contributed by atoms with Crippen LogP contribution in [0, 0.1) is 17.8 Å². The van der Waals surface area contributed by atoms with Crippen molar-refractivity contribution in [2.24, 2.45) is 28.5 Å². The standard InChI is InChI=1S/C30H33N3O7/c1-29(2,3)33-13-32-17-6-4-14(5-7-17)18-8-9-20(34)23-19(18)11-15-10-16-12-21(35)24(28(31)39)27(38)30(16,40)26(37)22(15)25(23)36/h4-9,13,15-16,21,24,34-36,40H,10-12H2,1-3H3,(H2,31,39)(H,32,33)/t15-,16+,21?,24?,30+/m1/s1. The van der Waals surface area contributed by atoms with Gasteiger partial charge in [-0.15, -0.1) is 0 Å². The molecule has 2 aromatic carbocycles. The number of nitrogens with two attached hydrogens (primary N) is 1. The number of carbonyl (C=O) groups is 3. The number of aliphatic imine (C=N–C) groups is 1. The van der Waals surface area contributed by atoms with Crippen LogP contribution in [0.3, 0.4) is 0 Å². The van der Waals surface area contributed by atoms with E-state index in [-0.39, 0.29) is 41.7 Å². The van der Waals surface area contributed by atoms with Crippen molar-refractivity contribution >= 4 is 35.3 Å². The highest BCUT2D eigenvalue weighted by molar-refractivity contribution is 6.24. The average molecular weight is 548 g/mol. The highest BCUT2D eigenvalue weighted by Crippen LogP contribution is 2.52. The van der Waals surface area contributed by atoms with Gasteiger partial charge in [0.15, 0.2) is 11.4 Å². The van der Waals surface area contributed by atoms with Crippen LogP contribution in [-0.2, 0) is 20.8 Å². The smallest absolute Gasteiger partial charge is 0.230 e. The number of Topliss-reactive ketones (excluding diaryl/α,β-unsaturated/α-hetero) is 2. The van der Waals surface area contributed by atoms with Crippen molar-refractivity contribution in [1.82, 2.24) is 0 Å². The first kappa shape index (κ1) is 27.5. The Morgan fingerprint density at radius 1 is 1.10 bits per heavy atom. The van der Waals surface area contributed by atoms with Gasteiger partial charge in [-0.25, -0.2) is 0 Å². The zero-order valence-corrected chi connectivity index (χ0v) is 22.5. The predicted octanol–water partition coefficient (Wildman–Crippen LogP) is 2.49. The summed E-state index contributed by atoms with van der Waals surface area (Å²) in [7, 11) is 0. The monoisotopic (exact) mass is 547 g/mol. The molecule has 2 aromatic rings. The van der Waals surface area contributed by atoms with Crippen LogP contribution in [0.1, 0.15) is 44.7 Å². The largest absolute Gasteiger partial charge is 0.507 e. The molecular formula is C30H33N3O7. The first-order valence-corrected chi connectivity index (χ1v) is 13.2. The Kier molecular flexibility index (Phi) is 6.59. The summed E-state index contributed by atoms with van der Waals surface area (Å²) in [6.07, 6.45) is 0.415. The van der Waals surface area contributed by atoms with Crippen LogP contribution in [0.15, 0.2) is 47.0 Å². The lowest BCUT2D eigenvalue weighted by Gasteiger charge is -2.48. The van der Waals surface area contributed by atoms with Crippen LogP contribution < -0.4 is 11.1 Å². The van der Waals surface area contributed by atoms with Gasteiger partial charge in [0.2, 0.25) is 11.7 Å². The number of aliphatic hydroxyl groups is 3. The van der Waals surface area contributed by atoms with E-state index in [9.17, 15) is 34.8 Å². The highest BCUT2D eigenvalue weighted by atomic mass is 16.3. The van der Waals surface area contributed by atoms with E-state index in [2.05, 4.69) is 10.3 Å². The first-order chi connectivity index (χ1) is 18.7. The summed E-state index contributed by atoms with van der Waals surface area (Å²) in [6, 6.07) is 10.7. The van der Waals surface area contributed by atoms with Gasteiger partial charge in [0.1, 0.15) is 17.4 Å². The summed E-state index contributed by atoms with van der Waals surface area (Å²) in [4.78, 5) is 43.0. The number of aliphatic hydroxyl groups excluding tert-OH is 2. The number of anilines is 1. The number of amides is 1. The van der Waals surface area contributed by atoms with Gasteiger partial charge in [-0.2, -0.15) is 0 Å². The fourth-order valence-corrected chi connectivity index (χ4v) is 6.24. The number of primary amides is 1. The van der Waals surface area contributed by atoms with Crippen LogP contribution in [0.4, 0.5) is 5.69 Å². The van der Waals surface area contributed by atoms with Crippen LogP contribution in [0.2, 0.25) is 0 Å². The van der Waals surface area contributed by atoms with Crippen LogP contribution in [0.25, 0.3) is 16.9 Å². The average Bonchev–Trinajstić information content (AvgIpc) is 2.86. The summed E-state index contributed by atoms with van der Waals surface area (Å²) in [6.45, 7) is 5.97. The van der Waals surface area contributed by atoms with E-state index in [4.69, 9.17) is 5.73 Å². The quantitative estimate of drug-likeness (QED) is 0.192. The zero-order chi connectivity index (χ0) is 29.1. The fourth-order valence-electron chi connectivity index (χ4n) is 6.24. The minimum absolute atomic E-state index is 0.0633. The molecule has 0 bridgehead atoms. The Hall–Kier alpha value is -4.02. The topological polar surface area (TPSA) is 183 Å². The number of rotatable bonds is 4. The van der Waals surface area contributed by atoms with Gasteiger partial charge in [0.25, 0.3) is 0 Å². The maximum absolute atomic E-state index is 13.7. The molecule has 5 atom stereocenters. The number of carbonyl (C=O) groups excluding carboxylic acids is 3. The minimum Gasteiger partial charge on any atom is -0.507 e. The summed E-state index contributed by atoms with van der Waals surface area (Å²) in [5.74, 6) is -7.31. The highest BCUT2D eigenvalue weighted by Gasteiger charge is 2.63. The molecule has 1 amide bonds. The Balaban J connectivity index is 1.53. The molecule has 0 aliphatic heterocycles. The number of phenolic OH excluding ortho intramolecular Hbond substituents is 1. The molecule has 0 spiro atoms. The van der Waals surface area contributed by atoms with Crippen molar-refractivity contribution in [2.75, 3.05) is 5.32 Å². The lowest BCUT2D eigenvalue weighted by atomic mass is 9.56.